The van der Waals surface area contributed by atoms with Crippen LogP contribution in [0.4, 0.5) is 0 Å². The van der Waals surface area contributed by atoms with Gasteiger partial charge in [0.05, 0.1) is 0 Å². The zero-order valence-corrected chi connectivity index (χ0v) is 16.9. The quantitative estimate of drug-likeness (QED) is 0.708. The first-order chi connectivity index (χ1) is 13.1. The van der Waals surface area contributed by atoms with E-state index in [0.717, 1.165) is 57.4 Å². The van der Waals surface area contributed by atoms with Gasteiger partial charge in [-0.2, -0.15) is 0 Å². The van der Waals surface area contributed by atoms with Crippen LogP contribution in [0.5, 0.6) is 11.5 Å². The summed E-state index contributed by atoms with van der Waals surface area (Å²) in [5.74, 6) is 1.92. The highest BCUT2D eigenvalue weighted by Gasteiger charge is 2.23. The third-order valence-corrected chi connectivity index (χ3v) is 5.21. The minimum absolute atomic E-state index is 0.541. The van der Waals surface area contributed by atoms with E-state index in [1.165, 1.54) is 11.1 Å². The molecule has 0 N–H and O–H groups in total. The number of nitrogens with zero attached hydrogens (tertiary/aromatic N) is 2. The highest BCUT2D eigenvalue weighted by Crippen LogP contribution is 2.14. The minimum atomic E-state index is 0.541. The molecule has 1 unspecified atom stereocenters. The van der Waals surface area contributed by atoms with Crippen molar-refractivity contribution < 1.29 is 9.47 Å². The summed E-state index contributed by atoms with van der Waals surface area (Å²) in [6.07, 6.45) is 0. The summed E-state index contributed by atoms with van der Waals surface area (Å²) in [6.45, 7) is 13.2. The van der Waals surface area contributed by atoms with E-state index in [0.29, 0.717) is 6.04 Å². The Labute approximate surface area is 163 Å². The van der Waals surface area contributed by atoms with Crippen LogP contribution in [0.3, 0.4) is 0 Å². The van der Waals surface area contributed by atoms with Gasteiger partial charge in [-0.3, -0.25) is 9.80 Å². The number of benzene rings is 2. The molecule has 4 heteroatoms. The second-order valence-electron chi connectivity index (χ2n) is 7.51. The molecule has 27 heavy (non-hydrogen) atoms. The lowest BCUT2D eigenvalue weighted by molar-refractivity contribution is 0.0641. The van der Waals surface area contributed by atoms with Crippen LogP contribution in [0.1, 0.15) is 18.1 Å². The molecule has 146 valence electrons. The second kappa shape index (κ2) is 9.77. The minimum Gasteiger partial charge on any atom is -0.492 e. The Kier molecular flexibility index (Phi) is 7.13. The maximum absolute atomic E-state index is 5.89. The van der Waals surface area contributed by atoms with Crippen molar-refractivity contribution in [1.29, 1.82) is 0 Å². The predicted molar refractivity (Wildman–Crippen MR) is 111 cm³/mol. The third kappa shape index (κ3) is 6.26. The Morgan fingerprint density at radius 1 is 0.778 bits per heavy atom. The highest BCUT2D eigenvalue weighted by atomic mass is 16.5. The van der Waals surface area contributed by atoms with Gasteiger partial charge < -0.3 is 9.47 Å². The molecule has 1 aliphatic heterocycles. The molecule has 2 aromatic carbocycles. The Bertz CT molecular complexity index is 685. The maximum atomic E-state index is 5.89. The molecule has 0 spiro atoms. The summed E-state index contributed by atoms with van der Waals surface area (Å²) in [5.41, 5.74) is 2.53. The van der Waals surface area contributed by atoms with Gasteiger partial charge in [-0.05, 0) is 45.0 Å². The van der Waals surface area contributed by atoms with E-state index < -0.39 is 0 Å². The number of aryl methyl sites for hydroxylation is 2. The first-order valence-corrected chi connectivity index (χ1v) is 9.95. The van der Waals surface area contributed by atoms with E-state index in [-0.39, 0.29) is 0 Å². The van der Waals surface area contributed by atoms with Crippen molar-refractivity contribution in [3.63, 3.8) is 0 Å². The standard InChI is InChI=1S/C23H32N2O2/c1-19-4-8-22(9-5-19)26-16-14-24-12-13-25(21(3)18-24)15-17-27-23-10-6-20(2)7-11-23/h4-11,21H,12-18H2,1-3H3. The molecule has 4 nitrogen and oxygen atoms in total. The number of piperazine rings is 1. The lowest BCUT2D eigenvalue weighted by atomic mass is 10.2. The summed E-state index contributed by atoms with van der Waals surface area (Å²) >= 11 is 0. The summed E-state index contributed by atoms with van der Waals surface area (Å²) in [6, 6.07) is 17.1. The van der Waals surface area contributed by atoms with Crippen LogP contribution in [0, 0.1) is 13.8 Å². The summed E-state index contributed by atoms with van der Waals surface area (Å²) in [7, 11) is 0. The fraction of sp³-hybridized carbons (Fsp3) is 0.478. The van der Waals surface area contributed by atoms with Gasteiger partial charge in [-0.15, -0.1) is 0 Å². The van der Waals surface area contributed by atoms with Gasteiger partial charge in [-0.25, -0.2) is 0 Å². The third-order valence-electron chi connectivity index (χ3n) is 5.21. The maximum Gasteiger partial charge on any atom is 0.119 e. The number of ether oxygens (including phenoxy) is 2. The first kappa shape index (κ1) is 19.7. The molecule has 0 bridgehead atoms. The monoisotopic (exact) mass is 368 g/mol. The molecule has 0 amide bonds. The average molecular weight is 369 g/mol. The Hall–Kier alpha value is -2.04. The largest absolute Gasteiger partial charge is 0.492 e. The average Bonchev–Trinajstić information content (AvgIpc) is 2.67. The van der Waals surface area contributed by atoms with Crippen molar-refractivity contribution in [1.82, 2.24) is 9.80 Å². The van der Waals surface area contributed by atoms with E-state index in [4.69, 9.17) is 9.47 Å². The molecule has 1 heterocycles. The van der Waals surface area contributed by atoms with Gasteiger partial charge in [0.1, 0.15) is 24.7 Å². The Morgan fingerprint density at radius 2 is 1.30 bits per heavy atom. The first-order valence-electron chi connectivity index (χ1n) is 9.95. The lowest BCUT2D eigenvalue weighted by Gasteiger charge is -2.39. The Morgan fingerprint density at radius 3 is 1.81 bits per heavy atom. The molecular weight excluding hydrogens is 336 g/mol. The molecule has 1 aliphatic rings. The van der Waals surface area contributed by atoms with Crippen LogP contribution in [-0.2, 0) is 0 Å². The number of rotatable bonds is 8. The van der Waals surface area contributed by atoms with Crippen LogP contribution in [0.2, 0.25) is 0 Å². The fourth-order valence-corrected chi connectivity index (χ4v) is 3.45. The van der Waals surface area contributed by atoms with Crippen LogP contribution in [0.25, 0.3) is 0 Å². The fourth-order valence-electron chi connectivity index (χ4n) is 3.45. The molecule has 1 saturated heterocycles. The zero-order valence-electron chi connectivity index (χ0n) is 16.9. The van der Waals surface area contributed by atoms with Crippen LogP contribution in [0.15, 0.2) is 48.5 Å². The van der Waals surface area contributed by atoms with Crippen LogP contribution in [-0.4, -0.2) is 61.8 Å². The molecule has 1 atom stereocenters. The molecule has 0 aromatic heterocycles. The molecule has 1 fully saturated rings. The molecule has 0 radical (unpaired) electrons. The smallest absolute Gasteiger partial charge is 0.119 e. The molecule has 0 aliphatic carbocycles. The van der Waals surface area contributed by atoms with Gasteiger partial charge in [0.15, 0.2) is 0 Å². The summed E-state index contributed by atoms with van der Waals surface area (Å²) in [5, 5.41) is 0. The van der Waals surface area contributed by atoms with E-state index >= 15 is 0 Å². The summed E-state index contributed by atoms with van der Waals surface area (Å²) < 4.78 is 11.8. The van der Waals surface area contributed by atoms with E-state index in [2.05, 4.69) is 54.8 Å². The zero-order chi connectivity index (χ0) is 19.1. The van der Waals surface area contributed by atoms with Crippen molar-refractivity contribution in [2.45, 2.75) is 26.8 Å². The van der Waals surface area contributed by atoms with E-state index in [9.17, 15) is 0 Å². The van der Waals surface area contributed by atoms with Crippen molar-refractivity contribution in [3.8, 4) is 11.5 Å². The van der Waals surface area contributed by atoms with Crippen molar-refractivity contribution in [3.05, 3.63) is 59.7 Å². The summed E-state index contributed by atoms with van der Waals surface area (Å²) in [4.78, 5) is 5.02. The van der Waals surface area contributed by atoms with Gasteiger partial charge in [-0.1, -0.05) is 35.4 Å². The number of hydrogen-bond donors (Lipinski definition) is 0. The van der Waals surface area contributed by atoms with Gasteiger partial charge >= 0.3 is 0 Å². The molecule has 2 aromatic rings. The Balaban J connectivity index is 1.33. The second-order valence-corrected chi connectivity index (χ2v) is 7.51. The van der Waals surface area contributed by atoms with Crippen LogP contribution < -0.4 is 9.47 Å². The highest BCUT2D eigenvalue weighted by molar-refractivity contribution is 5.26. The molecule has 3 rings (SSSR count). The molecule has 0 saturated carbocycles. The lowest BCUT2D eigenvalue weighted by Crippen LogP contribution is -2.53. The van der Waals surface area contributed by atoms with Gasteiger partial charge in [0, 0.05) is 38.8 Å². The van der Waals surface area contributed by atoms with Crippen molar-refractivity contribution >= 4 is 0 Å². The van der Waals surface area contributed by atoms with Crippen molar-refractivity contribution in [2.24, 2.45) is 0 Å². The molecular formula is C23H32N2O2. The van der Waals surface area contributed by atoms with Gasteiger partial charge in [0.25, 0.3) is 0 Å². The topological polar surface area (TPSA) is 24.9 Å². The number of hydrogen-bond acceptors (Lipinski definition) is 4. The normalized spacial score (nSPS) is 18.4. The van der Waals surface area contributed by atoms with E-state index in [1.54, 1.807) is 0 Å². The van der Waals surface area contributed by atoms with Crippen LogP contribution >= 0.6 is 0 Å². The SMILES string of the molecule is Cc1ccc(OCCN2CCN(CCOc3ccc(C)cc3)C(C)C2)cc1. The van der Waals surface area contributed by atoms with E-state index in [1.807, 2.05) is 24.3 Å². The van der Waals surface area contributed by atoms with Crippen molar-refractivity contribution in [2.75, 3.05) is 45.9 Å². The van der Waals surface area contributed by atoms with Gasteiger partial charge in [0.2, 0.25) is 0 Å². The predicted octanol–water partition coefficient (Wildman–Crippen LogP) is 3.77.